The number of likely N-dealkylation sites (tertiary alicyclic amines) is 1. The molecule has 2 amide bonds. The largest absolute Gasteiger partial charge is 0.444 e. The SMILES string of the molecule is CNc1ccc(C(=O)N2CCC[C@@H](OC(=O)NC(C)(C)C)C2)cc1[N+](=O)[O-]. The van der Waals surface area contributed by atoms with Crippen LogP contribution in [0.25, 0.3) is 0 Å². The van der Waals surface area contributed by atoms with Gasteiger partial charge in [-0.1, -0.05) is 0 Å². The van der Waals surface area contributed by atoms with Crippen molar-refractivity contribution in [3.8, 4) is 0 Å². The lowest BCUT2D eigenvalue weighted by atomic mass is 10.1. The fourth-order valence-corrected chi connectivity index (χ4v) is 2.92. The van der Waals surface area contributed by atoms with Crippen LogP contribution in [-0.2, 0) is 4.74 Å². The van der Waals surface area contributed by atoms with Crippen LogP contribution in [-0.4, -0.2) is 53.6 Å². The first-order valence-corrected chi connectivity index (χ1v) is 8.85. The zero-order chi connectivity index (χ0) is 20.2. The van der Waals surface area contributed by atoms with E-state index in [-0.39, 0.29) is 23.7 Å². The van der Waals surface area contributed by atoms with Gasteiger partial charge >= 0.3 is 6.09 Å². The van der Waals surface area contributed by atoms with Crippen molar-refractivity contribution in [2.24, 2.45) is 0 Å². The number of rotatable bonds is 4. The number of hydrogen-bond donors (Lipinski definition) is 2. The fraction of sp³-hybridized carbons (Fsp3) is 0.556. The molecule has 0 aliphatic carbocycles. The summed E-state index contributed by atoms with van der Waals surface area (Å²) in [5, 5.41) is 16.7. The maximum absolute atomic E-state index is 12.8. The molecule has 27 heavy (non-hydrogen) atoms. The Bertz CT molecular complexity index is 729. The van der Waals surface area contributed by atoms with Gasteiger partial charge in [0.2, 0.25) is 0 Å². The minimum absolute atomic E-state index is 0.155. The van der Waals surface area contributed by atoms with E-state index in [2.05, 4.69) is 10.6 Å². The average molecular weight is 378 g/mol. The zero-order valence-corrected chi connectivity index (χ0v) is 16.1. The number of nitrogens with zero attached hydrogens (tertiary/aromatic N) is 2. The van der Waals surface area contributed by atoms with Crippen molar-refractivity contribution in [3.63, 3.8) is 0 Å². The number of carbonyl (C=O) groups excluding carboxylic acids is 2. The molecule has 1 heterocycles. The van der Waals surface area contributed by atoms with E-state index in [1.165, 1.54) is 12.1 Å². The molecule has 2 rings (SSSR count). The number of hydrogen-bond acceptors (Lipinski definition) is 6. The molecule has 0 radical (unpaired) electrons. The molecule has 0 spiro atoms. The van der Waals surface area contributed by atoms with Gasteiger partial charge in [0.1, 0.15) is 11.8 Å². The highest BCUT2D eigenvalue weighted by Crippen LogP contribution is 2.26. The summed E-state index contributed by atoms with van der Waals surface area (Å²) in [5.74, 6) is -0.315. The van der Waals surface area contributed by atoms with Crippen LogP contribution < -0.4 is 10.6 Å². The number of piperidine rings is 1. The molecule has 148 valence electrons. The lowest BCUT2D eigenvalue weighted by molar-refractivity contribution is -0.384. The number of nitrogens with one attached hydrogen (secondary N) is 2. The van der Waals surface area contributed by atoms with Crippen LogP contribution >= 0.6 is 0 Å². The number of carbonyl (C=O) groups is 2. The first-order valence-electron chi connectivity index (χ1n) is 8.85. The van der Waals surface area contributed by atoms with Gasteiger partial charge in [-0.3, -0.25) is 14.9 Å². The molecule has 1 aromatic rings. The summed E-state index contributed by atoms with van der Waals surface area (Å²) in [6.07, 6.45) is 0.434. The van der Waals surface area contributed by atoms with Crippen molar-refractivity contribution in [3.05, 3.63) is 33.9 Å². The Morgan fingerprint density at radius 1 is 1.33 bits per heavy atom. The van der Waals surface area contributed by atoms with Crippen LogP contribution in [0.5, 0.6) is 0 Å². The predicted molar refractivity (Wildman–Crippen MR) is 101 cm³/mol. The zero-order valence-electron chi connectivity index (χ0n) is 16.1. The van der Waals surface area contributed by atoms with Crippen LogP contribution in [0.4, 0.5) is 16.2 Å². The molecule has 1 aliphatic heterocycles. The van der Waals surface area contributed by atoms with E-state index in [0.29, 0.717) is 25.1 Å². The predicted octanol–water partition coefficient (Wildman–Crippen LogP) is 2.77. The Morgan fingerprint density at radius 2 is 2.04 bits per heavy atom. The van der Waals surface area contributed by atoms with E-state index in [1.54, 1.807) is 18.0 Å². The van der Waals surface area contributed by atoms with Crippen molar-refractivity contribution < 1.29 is 19.2 Å². The number of nitro groups is 1. The lowest BCUT2D eigenvalue weighted by Crippen LogP contribution is -2.47. The average Bonchev–Trinajstić information content (AvgIpc) is 2.59. The Balaban J connectivity index is 2.07. The highest BCUT2D eigenvalue weighted by molar-refractivity contribution is 5.95. The van der Waals surface area contributed by atoms with E-state index in [1.807, 2.05) is 20.8 Å². The molecule has 1 fully saturated rings. The number of anilines is 1. The van der Waals surface area contributed by atoms with E-state index >= 15 is 0 Å². The van der Waals surface area contributed by atoms with Crippen LogP contribution in [0, 0.1) is 10.1 Å². The van der Waals surface area contributed by atoms with Gasteiger partial charge in [-0.2, -0.15) is 0 Å². The number of benzene rings is 1. The number of alkyl carbamates (subject to hydrolysis) is 1. The van der Waals surface area contributed by atoms with Crippen LogP contribution in [0.2, 0.25) is 0 Å². The van der Waals surface area contributed by atoms with Gasteiger partial charge in [-0.25, -0.2) is 4.79 Å². The van der Waals surface area contributed by atoms with Crippen molar-refractivity contribution in [2.75, 3.05) is 25.5 Å². The molecular formula is C18H26N4O5. The van der Waals surface area contributed by atoms with Crippen LogP contribution in [0.3, 0.4) is 0 Å². The lowest BCUT2D eigenvalue weighted by Gasteiger charge is -2.33. The third-order valence-corrected chi connectivity index (χ3v) is 4.13. The maximum Gasteiger partial charge on any atom is 0.407 e. The second-order valence-electron chi connectivity index (χ2n) is 7.53. The second kappa shape index (κ2) is 8.24. The van der Waals surface area contributed by atoms with Crippen LogP contribution in [0.15, 0.2) is 18.2 Å². The van der Waals surface area contributed by atoms with Crippen molar-refractivity contribution in [2.45, 2.75) is 45.3 Å². The first-order chi connectivity index (χ1) is 12.6. The topological polar surface area (TPSA) is 114 Å². The van der Waals surface area contributed by atoms with Crippen molar-refractivity contribution >= 4 is 23.4 Å². The molecule has 9 heteroatoms. The van der Waals surface area contributed by atoms with Gasteiger partial charge in [-0.05, 0) is 45.7 Å². The summed E-state index contributed by atoms with van der Waals surface area (Å²) in [4.78, 5) is 36.9. The minimum Gasteiger partial charge on any atom is -0.444 e. The highest BCUT2D eigenvalue weighted by atomic mass is 16.6. The van der Waals surface area contributed by atoms with Gasteiger partial charge in [0.05, 0.1) is 11.5 Å². The number of amides is 2. The summed E-state index contributed by atoms with van der Waals surface area (Å²) < 4.78 is 5.42. The summed E-state index contributed by atoms with van der Waals surface area (Å²) in [7, 11) is 1.58. The molecule has 1 saturated heterocycles. The number of nitro benzene ring substituents is 1. The van der Waals surface area contributed by atoms with E-state index in [4.69, 9.17) is 4.74 Å². The third kappa shape index (κ3) is 5.57. The molecule has 0 saturated carbocycles. The molecule has 9 nitrogen and oxygen atoms in total. The normalized spacial score (nSPS) is 17.2. The fourth-order valence-electron chi connectivity index (χ4n) is 2.92. The monoisotopic (exact) mass is 378 g/mol. The van der Waals surface area contributed by atoms with E-state index < -0.39 is 22.7 Å². The Hall–Kier alpha value is -2.84. The Morgan fingerprint density at radius 3 is 2.63 bits per heavy atom. The molecule has 1 aliphatic rings. The van der Waals surface area contributed by atoms with Crippen LogP contribution in [0.1, 0.15) is 44.0 Å². The van der Waals surface area contributed by atoms with Gasteiger partial charge < -0.3 is 20.3 Å². The maximum atomic E-state index is 12.8. The van der Waals surface area contributed by atoms with E-state index in [9.17, 15) is 19.7 Å². The first kappa shape index (κ1) is 20.5. The minimum atomic E-state index is -0.526. The molecule has 2 N–H and O–H groups in total. The smallest absolute Gasteiger partial charge is 0.407 e. The van der Waals surface area contributed by atoms with Gasteiger partial charge in [0.15, 0.2) is 0 Å². The van der Waals surface area contributed by atoms with Gasteiger partial charge in [0, 0.05) is 30.8 Å². The highest BCUT2D eigenvalue weighted by Gasteiger charge is 2.29. The van der Waals surface area contributed by atoms with Gasteiger partial charge in [-0.15, -0.1) is 0 Å². The van der Waals surface area contributed by atoms with Gasteiger partial charge in [0.25, 0.3) is 11.6 Å². The molecule has 0 unspecified atom stereocenters. The van der Waals surface area contributed by atoms with Crippen molar-refractivity contribution in [1.82, 2.24) is 10.2 Å². The summed E-state index contributed by atoms with van der Waals surface area (Å²) in [6.45, 7) is 6.34. The summed E-state index contributed by atoms with van der Waals surface area (Å²) in [5.41, 5.74) is 0.0170. The molecule has 1 atom stereocenters. The molecule has 1 aromatic carbocycles. The quantitative estimate of drug-likeness (QED) is 0.615. The standard InChI is InChI=1S/C18H26N4O5/c1-18(2,3)20-17(24)27-13-6-5-9-21(11-13)16(23)12-7-8-14(19-4)15(10-12)22(25)26/h7-8,10,13,19H,5-6,9,11H2,1-4H3,(H,20,24)/t13-/m1/s1. The summed E-state index contributed by atoms with van der Waals surface area (Å²) in [6, 6.07) is 4.34. The van der Waals surface area contributed by atoms with Crippen molar-refractivity contribution in [1.29, 1.82) is 0 Å². The Kier molecular flexibility index (Phi) is 6.24. The molecular weight excluding hydrogens is 352 g/mol. The number of ether oxygens (including phenoxy) is 1. The van der Waals surface area contributed by atoms with E-state index in [0.717, 1.165) is 0 Å². The Labute approximate surface area is 158 Å². The second-order valence-corrected chi connectivity index (χ2v) is 7.53. The molecule has 0 aromatic heterocycles. The summed E-state index contributed by atoms with van der Waals surface area (Å²) >= 11 is 0. The molecule has 0 bridgehead atoms. The third-order valence-electron chi connectivity index (χ3n) is 4.13.